The number of nitrogens with zero attached hydrogens (tertiary/aromatic N) is 2. The second-order valence-corrected chi connectivity index (χ2v) is 5.46. The van der Waals surface area contributed by atoms with Gasteiger partial charge >= 0.3 is 5.97 Å². The van der Waals surface area contributed by atoms with Gasteiger partial charge in [0.15, 0.2) is 0 Å². The molecular formula is C15H11BrN2O3. The minimum atomic E-state index is -0.928. The molecule has 0 fully saturated rings. The number of amides is 1. The monoisotopic (exact) mass is 346 g/mol. The molecule has 0 saturated carbocycles. The SMILES string of the molecule is O=C(O)C1CN(C(=O)c2cccnc2Br)c2ccccc21. The molecule has 5 nitrogen and oxygen atoms in total. The summed E-state index contributed by atoms with van der Waals surface area (Å²) in [6.07, 6.45) is 1.58. The lowest BCUT2D eigenvalue weighted by molar-refractivity contribution is -0.138. The van der Waals surface area contributed by atoms with Gasteiger partial charge in [-0.3, -0.25) is 9.59 Å². The number of fused-ring (bicyclic) bond motifs is 1. The van der Waals surface area contributed by atoms with Crippen molar-refractivity contribution in [3.63, 3.8) is 0 Å². The molecule has 21 heavy (non-hydrogen) atoms. The number of aliphatic carboxylic acids is 1. The van der Waals surface area contributed by atoms with Crippen molar-refractivity contribution in [2.24, 2.45) is 0 Å². The fourth-order valence-electron chi connectivity index (χ4n) is 2.50. The normalized spacial score (nSPS) is 16.6. The highest BCUT2D eigenvalue weighted by Gasteiger charge is 2.37. The van der Waals surface area contributed by atoms with Crippen LogP contribution in [0.3, 0.4) is 0 Å². The van der Waals surface area contributed by atoms with Gasteiger partial charge in [-0.1, -0.05) is 18.2 Å². The maximum atomic E-state index is 12.7. The fourth-order valence-corrected chi connectivity index (χ4v) is 2.92. The van der Waals surface area contributed by atoms with Crippen molar-refractivity contribution in [2.45, 2.75) is 5.92 Å². The van der Waals surface area contributed by atoms with E-state index in [1.54, 1.807) is 42.6 Å². The van der Waals surface area contributed by atoms with E-state index in [0.717, 1.165) is 0 Å². The zero-order valence-corrected chi connectivity index (χ0v) is 12.4. The Bertz CT molecular complexity index is 732. The van der Waals surface area contributed by atoms with Crippen LogP contribution in [0.15, 0.2) is 47.2 Å². The Morgan fingerprint density at radius 3 is 2.71 bits per heavy atom. The van der Waals surface area contributed by atoms with E-state index < -0.39 is 11.9 Å². The number of rotatable bonds is 2. The van der Waals surface area contributed by atoms with Crippen LogP contribution in [-0.4, -0.2) is 28.5 Å². The van der Waals surface area contributed by atoms with E-state index >= 15 is 0 Å². The molecule has 0 saturated heterocycles. The lowest BCUT2D eigenvalue weighted by Crippen LogP contribution is -2.31. The average Bonchev–Trinajstić information content (AvgIpc) is 2.87. The molecule has 1 N–H and O–H groups in total. The average molecular weight is 347 g/mol. The van der Waals surface area contributed by atoms with Crippen LogP contribution in [-0.2, 0) is 4.79 Å². The molecule has 2 heterocycles. The first-order valence-electron chi connectivity index (χ1n) is 6.33. The number of aromatic nitrogens is 1. The summed E-state index contributed by atoms with van der Waals surface area (Å²) < 4.78 is 0.450. The molecule has 106 valence electrons. The number of hydrogen-bond acceptors (Lipinski definition) is 3. The third kappa shape index (κ3) is 2.31. The molecule has 1 atom stereocenters. The summed E-state index contributed by atoms with van der Waals surface area (Å²) in [4.78, 5) is 29.6. The van der Waals surface area contributed by atoms with Crippen LogP contribution in [0.1, 0.15) is 21.8 Å². The number of benzene rings is 1. The number of para-hydroxylation sites is 1. The van der Waals surface area contributed by atoms with Gasteiger partial charge in [0.05, 0.1) is 5.56 Å². The first-order valence-corrected chi connectivity index (χ1v) is 7.13. The standard InChI is InChI=1S/C15H11BrN2O3/c16-13-10(5-3-7-17-13)14(19)18-8-11(15(20)21)9-4-1-2-6-12(9)18/h1-7,11H,8H2,(H,20,21). The minimum absolute atomic E-state index is 0.134. The second-order valence-electron chi connectivity index (χ2n) is 4.71. The first kappa shape index (κ1) is 13.8. The van der Waals surface area contributed by atoms with Gasteiger partial charge in [0, 0.05) is 18.4 Å². The van der Waals surface area contributed by atoms with E-state index in [0.29, 0.717) is 21.4 Å². The summed E-state index contributed by atoms with van der Waals surface area (Å²) in [5.74, 6) is -1.88. The maximum Gasteiger partial charge on any atom is 0.312 e. The molecule has 1 aromatic heterocycles. The highest BCUT2D eigenvalue weighted by Crippen LogP contribution is 2.37. The number of hydrogen-bond donors (Lipinski definition) is 1. The van der Waals surface area contributed by atoms with E-state index in [9.17, 15) is 14.7 Å². The van der Waals surface area contributed by atoms with Crippen molar-refractivity contribution in [1.82, 2.24) is 4.98 Å². The highest BCUT2D eigenvalue weighted by molar-refractivity contribution is 9.10. The number of anilines is 1. The van der Waals surface area contributed by atoms with E-state index in [2.05, 4.69) is 20.9 Å². The van der Waals surface area contributed by atoms with Crippen molar-refractivity contribution in [2.75, 3.05) is 11.4 Å². The van der Waals surface area contributed by atoms with E-state index in [1.165, 1.54) is 4.90 Å². The van der Waals surface area contributed by atoms with Gasteiger partial charge in [0.25, 0.3) is 5.91 Å². The quantitative estimate of drug-likeness (QED) is 0.848. The fraction of sp³-hybridized carbons (Fsp3) is 0.133. The highest BCUT2D eigenvalue weighted by atomic mass is 79.9. The van der Waals surface area contributed by atoms with Crippen LogP contribution in [0.5, 0.6) is 0 Å². The lowest BCUT2D eigenvalue weighted by Gasteiger charge is -2.17. The van der Waals surface area contributed by atoms with Crippen LogP contribution in [0.2, 0.25) is 0 Å². The Morgan fingerprint density at radius 1 is 1.24 bits per heavy atom. The van der Waals surface area contributed by atoms with E-state index in [4.69, 9.17) is 0 Å². The Hall–Kier alpha value is -2.21. The molecular weight excluding hydrogens is 336 g/mol. The smallest absolute Gasteiger partial charge is 0.312 e. The summed E-state index contributed by atoms with van der Waals surface area (Å²) in [7, 11) is 0. The lowest BCUT2D eigenvalue weighted by atomic mass is 10.0. The number of carbonyl (C=O) groups excluding carboxylic acids is 1. The maximum absolute atomic E-state index is 12.7. The molecule has 1 aliphatic rings. The van der Waals surface area contributed by atoms with Gasteiger partial charge in [0.2, 0.25) is 0 Å². The van der Waals surface area contributed by atoms with Gasteiger partial charge in [-0.05, 0) is 39.7 Å². The Labute approximate surface area is 129 Å². The summed E-state index contributed by atoms with van der Waals surface area (Å²) in [5.41, 5.74) is 1.72. The summed E-state index contributed by atoms with van der Waals surface area (Å²) in [6, 6.07) is 10.4. The van der Waals surface area contributed by atoms with Crippen molar-refractivity contribution >= 4 is 33.5 Å². The number of halogens is 1. The predicted molar refractivity (Wildman–Crippen MR) is 80.4 cm³/mol. The molecule has 1 aromatic carbocycles. The third-order valence-corrected chi connectivity index (χ3v) is 4.13. The summed E-state index contributed by atoms with van der Waals surface area (Å²) in [6.45, 7) is 0.134. The number of carbonyl (C=O) groups is 2. The first-order chi connectivity index (χ1) is 10.1. The molecule has 0 spiro atoms. The molecule has 0 aliphatic carbocycles. The largest absolute Gasteiger partial charge is 0.481 e. The van der Waals surface area contributed by atoms with Gasteiger partial charge in [0.1, 0.15) is 10.5 Å². The molecule has 6 heteroatoms. The third-order valence-electron chi connectivity index (χ3n) is 3.50. The van der Waals surface area contributed by atoms with Crippen LogP contribution in [0.25, 0.3) is 0 Å². The van der Waals surface area contributed by atoms with Crippen LogP contribution < -0.4 is 4.90 Å². The van der Waals surface area contributed by atoms with Gasteiger partial charge in [-0.2, -0.15) is 0 Å². The molecule has 0 radical (unpaired) electrons. The zero-order valence-electron chi connectivity index (χ0n) is 10.9. The Morgan fingerprint density at radius 2 is 2.00 bits per heavy atom. The van der Waals surface area contributed by atoms with Gasteiger partial charge < -0.3 is 10.0 Å². The Balaban J connectivity index is 2.03. The van der Waals surface area contributed by atoms with E-state index in [-0.39, 0.29) is 12.5 Å². The molecule has 1 aliphatic heterocycles. The molecule has 1 amide bonds. The zero-order chi connectivity index (χ0) is 15.0. The van der Waals surface area contributed by atoms with Crippen LogP contribution >= 0.6 is 15.9 Å². The van der Waals surface area contributed by atoms with Gasteiger partial charge in [-0.15, -0.1) is 0 Å². The summed E-state index contributed by atoms with van der Waals surface area (Å²) in [5, 5.41) is 9.33. The van der Waals surface area contributed by atoms with Crippen LogP contribution in [0, 0.1) is 0 Å². The molecule has 0 bridgehead atoms. The van der Waals surface area contributed by atoms with Crippen molar-refractivity contribution in [3.05, 3.63) is 58.3 Å². The minimum Gasteiger partial charge on any atom is -0.481 e. The summed E-state index contributed by atoms with van der Waals surface area (Å²) >= 11 is 3.25. The van der Waals surface area contributed by atoms with Crippen LogP contribution in [0.4, 0.5) is 5.69 Å². The number of carboxylic acid groups (broad SMARTS) is 1. The van der Waals surface area contributed by atoms with Crippen molar-refractivity contribution in [1.29, 1.82) is 0 Å². The predicted octanol–water partition coefficient (Wildman–Crippen LogP) is 2.67. The molecule has 1 unspecified atom stereocenters. The Kier molecular flexibility index (Phi) is 3.47. The van der Waals surface area contributed by atoms with Crippen molar-refractivity contribution in [3.8, 4) is 0 Å². The number of pyridine rings is 1. The molecule has 2 aromatic rings. The van der Waals surface area contributed by atoms with Crippen molar-refractivity contribution < 1.29 is 14.7 Å². The van der Waals surface area contributed by atoms with Gasteiger partial charge in [-0.25, -0.2) is 4.98 Å². The van der Waals surface area contributed by atoms with E-state index in [1.807, 2.05) is 0 Å². The molecule has 3 rings (SSSR count). The second kappa shape index (κ2) is 5.29. The topological polar surface area (TPSA) is 70.5 Å². The number of carboxylic acids is 1.